The molecule has 1 aliphatic heterocycles. The summed E-state index contributed by atoms with van der Waals surface area (Å²) < 4.78 is 22.6. The van der Waals surface area contributed by atoms with Gasteiger partial charge in [-0.05, 0) is 44.2 Å². The quantitative estimate of drug-likeness (QED) is 0.503. The van der Waals surface area contributed by atoms with Gasteiger partial charge in [-0.3, -0.25) is 9.59 Å². The van der Waals surface area contributed by atoms with Crippen molar-refractivity contribution in [2.45, 2.75) is 50.5 Å². The lowest BCUT2D eigenvalue weighted by atomic mass is 10.1. The van der Waals surface area contributed by atoms with E-state index < -0.39 is 0 Å². The highest BCUT2D eigenvalue weighted by molar-refractivity contribution is 7.18. The predicted octanol–water partition coefficient (Wildman–Crippen LogP) is 3.01. The van der Waals surface area contributed by atoms with Crippen LogP contribution in [0.2, 0.25) is 4.34 Å². The van der Waals surface area contributed by atoms with E-state index in [-0.39, 0.29) is 36.2 Å². The van der Waals surface area contributed by atoms with Crippen LogP contribution >= 0.6 is 22.9 Å². The highest BCUT2D eigenvalue weighted by atomic mass is 35.5. The Morgan fingerprint density at radius 3 is 2.75 bits per heavy atom. The molecular formula is C19H26ClNO6S. The van der Waals surface area contributed by atoms with Crippen molar-refractivity contribution in [1.82, 2.24) is 5.32 Å². The van der Waals surface area contributed by atoms with E-state index in [1.165, 1.54) is 18.4 Å². The first kappa shape index (κ1) is 21.5. The summed E-state index contributed by atoms with van der Waals surface area (Å²) in [6.45, 7) is 1.51. The van der Waals surface area contributed by atoms with Gasteiger partial charge in [-0.2, -0.15) is 0 Å². The van der Waals surface area contributed by atoms with Gasteiger partial charge >= 0.3 is 5.97 Å². The Labute approximate surface area is 173 Å². The van der Waals surface area contributed by atoms with Gasteiger partial charge in [0.2, 0.25) is 0 Å². The molecule has 0 aromatic carbocycles. The van der Waals surface area contributed by atoms with Crippen LogP contribution in [-0.2, 0) is 23.7 Å². The minimum atomic E-state index is -0.296. The summed E-state index contributed by atoms with van der Waals surface area (Å²) in [5, 5.41) is 2.97. The molecule has 1 aromatic heterocycles. The van der Waals surface area contributed by atoms with Crippen LogP contribution in [0.3, 0.4) is 0 Å². The normalized spacial score (nSPS) is 27.5. The van der Waals surface area contributed by atoms with Crippen LogP contribution in [0.15, 0.2) is 12.1 Å². The topological polar surface area (TPSA) is 83.1 Å². The number of amides is 1. The summed E-state index contributed by atoms with van der Waals surface area (Å²) in [7, 11) is 1.37. The van der Waals surface area contributed by atoms with Crippen LogP contribution in [0.4, 0.5) is 0 Å². The standard InChI is InChI=1S/C19H26ClNO6S/c1-24-19(23)12-10-13(21-18(22)15-5-6-16(20)28-15)14(11-12)25-8-9-27-17-4-2-3-7-26-17/h5-6,12-14,17H,2-4,7-11H2,1H3,(H,21,22)/t12?,13-,14-,17?/m0/s1. The number of hydrogen-bond donors (Lipinski definition) is 1. The molecule has 0 bridgehead atoms. The molecule has 1 aliphatic carbocycles. The second-order valence-electron chi connectivity index (χ2n) is 6.95. The van der Waals surface area contributed by atoms with Crippen molar-refractivity contribution in [1.29, 1.82) is 0 Å². The maximum Gasteiger partial charge on any atom is 0.308 e. The molecule has 9 heteroatoms. The van der Waals surface area contributed by atoms with E-state index in [0.29, 0.717) is 35.3 Å². The first-order chi connectivity index (χ1) is 13.6. The van der Waals surface area contributed by atoms with Crippen LogP contribution < -0.4 is 5.32 Å². The molecule has 3 rings (SSSR count). The molecule has 0 radical (unpaired) electrons. The lowest BCUT2D eigenvalue weighted by Gasteiger charge is -2.24. The molecular weight excluding hydrogens is 406 g/mol. The van der Waals surface area contributed by atoms with Crippen LogP contribution in [-0.4, -0.2) is 57.2 Å². The van der Waals surface area contributed by atoms with Crippen molar-refractivity contribution in [3.05, 3.63) is 21.3 Å². The largest absolute Gasteiger partial charge is 0.469 e. The summed E-state index contributed by atoms with van der Waals surface area (Å²) in [6, 6.07) is 3.10. The van der Waals surface area contributed by atoms with Gasteiger partial charge in [-0.15, -0.1) is 11.3 Å². The average molecular weight is 432 g/mol. The van der Waals surface area contributed by atoms with Crippen molar-refractivity contribution in [2.24, 2.45) is 5.92 Å². The minimum absolute atomic E-state index is 0.164. The zero-order chi connectivity index (χ0) is 19.9. The Bertz CT molecular complexity index is 663. The zero-order valence-electron chi connectivity index (χ0n) is 15.9. The van der Waals surface area contributed by atoms with Crippen molar-refractivity contribution in [3.8, 4) is 0 Å². The number of rotatable bonds is 8. The number of hydrogen-bond acceptors (Lipinski definition) is 7. The fraction of sp³-hybridized carbons (Fsp3) is 0.684. The Morgan fingerprint density at radius 2 is 2.07 bits per heavy atom. The van der Waals surface area contributed by atoms with E-state index >= 15 is 0 Å². The molecule has 1 amide bonds. The van der Waals surface area contributed by atoms with E-state index in [1.807, 2.05) is 0 Å². The molecule has 2 unspecified atom stereocenters. The number of methoxy groups -OCH3 is 1. The van der Waals surface area contributed by atoms with E-state index in [0.717, 1.165) is 25.9 Å². The van der Waals surface area contributed by atoms with Crippen molar-refractivity contribution < 1.29 is 28.5 Å². The molecule has 4 atom stereocenters. The predicted molar refractivity (Wildman–Crippen MR) is 105 cm³/mol. The highest BCUT2D eigenvalue weighted by Crippen LogP contribution is 2.30. The van der Waals surface area contributed by atoms with Gasteiger partial charge in [0.1, 0.15) is 0 Å². The number of carbonyl (C=O) groups excluding carboxylic acids is 2. The molecule has 156 valence electrons. The zero-order valence-corrected chi connectivity index (χ0v) is 17.4. The van der Waals surface area contributed by atoms with Gasteiger partial charge in [0.15, 0.2) is 6.29 Å². The average Bonchev–Trinajstić information content (AvgIpc) is 3.32. The summed E-state index contributed by atoms with van der Waals surface area (Å²) in [4.78, 5) is 25.0. The van der Waals surface area contributed by atoms with Gasteiger partial charge < -0.3 is 24.3 Å². The maximum absolute atomic E-state index is 12.5. The second kappa shape index (κ2) is 10.5. The third-order valence-corrected chi connectivity index (χ3v) is 6.24. The lowest BCUT2D eigenvalue weighted by molar-refractivity contribution is -0.171. The Morgan fingerprint density at radius 1 is 1.25 bits per heavy atom. The first-order valence-corrected chi connectivity index (χ1v) is 10.7. The minimum Gasteiger partial charge on any atom is -0.469 e. The molecule has 1 aromatic rings. The number of thiophene rings is 1. The number of carbonyl (C=O) groups is 2. The highest BCUT2D eigenvalue weighted by Gasteiger charge is 2.40. The number of halogens is 1. The molecule has 1 saturated heterocycles. The van der Waals surface area contributed by atoms with E-state index in [1.54, 1.807) is 12.1 Å². The van der Waals surface area contributed by atoms with Gasteiger partial charge in [-0.25, -0.2) is 0 Å². The number of esters is 1. The fourth-order valence-electron chi connectivity index (χ4n) is 3.59. The molecule has 0 spiro atoms. The van der Waals surface area contributed by atoms with Gasteiger partial charge in [-0.1, -0.05) is 11.6 Å². The number of nitrogens with one attached hydrogen (secondary N) is 1. The lowest BCUT2D eigenvalue weighted by Crippen LogP contribution is -2.41. The third-order valence-electron chi connectivity index (χ3n) is 5.01. The van der Waals surface area contributed by atoms with Crippen LogP contribution in [0.5, 0.6) is 0 Å². The Kier molecular flexibility index (Phi) is 8.11. The summed E-state index contributed by atoms with van der Waals surface area (Å²) in [5.74, 6) is -0.793. The van der Waals surface area contributed by atoms with Crippen LogP contribution in [0.1, 0.15) is 41.8 Å². The second-order valence-corrected chi connectivity index (χ2v) is 8.67. The molecule has 7 nitrogen and oxygen atoms in total. The number of ether oxygens (including phenoxy) is 4. The summed E-state index contributed by atoms with van der Waals surface area (Å²) in [5.41, 5.74) is 0. The molecule has 2 aliphatic rings. The first-order valence-electron chi connectivity index (χ1n) is 9.55. The van der Waals surface area contributed by atoms with Crippen molar-refractivity contribution >= 4 is 34.8 Å². The maximum atomic E-state index is 12.5. The van der Waals surface area contributed by atoms with E-state index in [9.17, 15) is 9.59 Å². The molecule has 1 saturated carbocycles. The van der Waals surface area contributed by atoms with Gasteiger partial charge in [0, 0.05) is 6.61 Å². The van der Waals surface area contributed by atoms with Gasteiger partial charge in [0.25, 0.3) is 5.91 Å². The summed E-state index contributed by atoms with van der Waals surface area (Å²) >= 11 is 7.13. The summed E-state index contributed by atoms with van der Waals surface area (Å²) in [6.07, 6.45) is 3.62. The monoisotopic (exact) mass is 431 g/mol. The van der Waals surface area contributed by atoms with Crippen LogP contribution in [0, 0.1) is 5.92 Å². The smallest absolute Gasteiger partial charge is 0.308 e. The Hall–Kier alpha value is -1.19. The SMILES string of the molecule is COC(=O)C1C[C@H](NC(=O)c2ccc(Cl)s2)[C@@H](OCCOC2CCCCO2)C1. The van der Waals surface area contributed by atoms with E-state index in [2.05, 4.69) is 5.32 Å². The van der Waals surface area contributed by atoms with Crippen molar-refractivity contribution in [2.75, 3.05) is 26.9 Å². The van der Waals surface area contributed by atoms with Crippen LogP contribution in [0.25, 0.3) is 0 Å². The molecule has 28 heavy (non-hydrogen) atoms. The van der Waals surface area contributed by atoms with Crippen molar-refractivity contribution in [3.63, 3.8) is 0 Å². The molecule has 2 heterocycles. The molecule has 2 fully saturated rings. The third kappa shape index (κ3) is 5.90. The Balaban J connectivity index is 1.51. The van der Waals surface area contributed by atoms with Gasteiger partial charge in [0.05, 0.1) is 47.6 Å². The fourth-order valence-corrected chi connectivity index (χ4v) is 4.54. The molecule has 1 N–H and O–H groups in total. The van der Waals surface area contributed by atoms with E-state index in [4.69, 9.17) is 30.5 Å².